The second-order valence-electron chi connectivity index (χ2n) is 6.71. The molecule has 1 unspecified atom stereocenters. The molecule has 1 aliphatic heterocycles. The van der Waals surface area contributed by atoms with Crippen LogP contribution in [0.3, 0.4) is 0 Å². The van der Waals surface area contributed by atoms with E-state index in [1.54, 1.807) is 0 Å². The number of piperidine rings is 1. The van der Waals surface area contributed by atoms with Gasteiger partial charge in [0, 0.05) is 12.0 Å². The molecule has 1 saturated carbocycles. The van der Waals surface area contributed by atoms with Gasteiger partial charge in [-0.05, 0) is 49.9 Å². The predicted molar refractivity (Wildman–Crippen MR) is 85.2 cm³/mol. The Balaban J connectivity index is 1.66. The van der Waals surface area contributed by atoms with Gasteiger partial charge in [0.1, 0.15) is 5.82 Å². The number of halogens is 1. The third-order valence-electron chi connectivity index (χ3n) is 5.25. The Kier molecular flexibility index (Phi) is 4.77. The average molecular weight is 304 g/mol. The summed E-state index contributed by atoms with van der Waals surface area (Å²) in [5.41, 5.74) is 1.14. The van der Waals surface area contributed by atoms with E-state index in [0.29, 0.717) is 6.54 Å². The van der Waals surface area contributed by atoms with Gasteiger partial charge in [-0.3, -0.25) is 4.79 Å². The van der Waals surface area contributed by atoms with E-state index in [0.717, 1.165) is 44.2 Å². The molecule has 2 N–H and O–H groups in total. The van der Waals surface area contributed by atoms with Gasteiger partial charge in [-0.15, -0.1) is 0 Å². The largest absolute Gasteiger partial charge is 0.354 e. The molecule has 3 rings (SSSR count). The van der Waals surface area contributed by atoms with E-state index in [1.165, 1.54) is 25.0 Å². The van der Waals surface area contributed by atoms with Crippen LogP contribution in [0.25, 0.3) is 0 Å². The first-order chi connectivity index (χ1) is 10.7. The van der Waals surface area contributed by atoms with Crippen molar-refractivity contribution in [2.45, 2.75) is 56.4 Å². The Hall–Kier alpha value is -1.42. The smallest absolute Gasteiger partial charge is 0.237 e. The van der Waals surface area contributed by atoms with Crippen LogP contribution in [-0.2, 0) is 10.2 Å². The Bertz CT molecular complexity index is 502. The first kappa shape index (κ1) is 15.5. The first-order valence-corrected chi connectivity index (χ1v) is 8.47. The molecule has 1 aromatic carbocycles. The molecule has 0 aromatic heterocycles. The van der Waals surface area contributed by atoms with Gasteiger partial charge in [0.25, 0.3) is 0 Å². The van der Waals surface area contributed by atoms with Crippen molar-refractivity contribution in [1.82, 2.24) is 10.6 Å². The molecule has 120 valence electrons. The SMILES string of the molecule is O=C(NCC1(c2ccc(F)cc2)CCCC1)C1CCCCN1. The molecule has 1 saturated heterocycles. The highest BCUT2D eigenvalue weighted by Crippen LogP contribution is 2.40. The highest BCUT2D eigenvalue weighted by molar-refractivity contribution is 5.81. The molecule has 0 spiro atoms. The van der Waals surface area contributed by atoms with Crippen LogP contribution in [0.1, 0.15) is 50.5 Å². The summed E-state index contributed by atoms with van der Waals surface area (Å²) in [6.45, 7) is 1.59. The molecule has 0 radical (unpaired) electrons. The fraction of sp³-hybridized carbons (Fsp3) is 0.611. The van der Waals surface area contributed by atoms with Gasteiger partial charge < -0.3 is 10.6 Å². The highest BCUT2D eigenvalue weighted by atomic mass is 19.1. The topological polar surface area (TPSA) is 41.1 Å². The van der Waals surface area contributed by atoms with E-state index in [-0.39, 0.29) is 23.2 Å². The molecule has 1 amide bonds. The third-order valence-corrected chi connectivity index (χ3v) is 5.25. The van der Waals surface area contributed by atoms with Crippen molar-refractivity contribution < 1.29 is 9.18 Å². The number of hydrogen-bond donors (Lipinski definition) is 2. The summed E-state index contributed by atoms with van der Waals surface area (Å²) in [5, 5.41) is 6.45. The van der Waals surface area contributed by atoms with Crippen molar-refractivity contribution in [3.05, 3.63) is 35.6 Å². The van der Waals surface area contributed by atoms with Gasteiger partial charge in [-0.25, -0.2) is 4.39 Å². The quantitative estimate of drug-likeness (QED) is 0.898. The summed E-state index contributed by atoms with van der Waals surface area (Å²) in [5.74, 6) is -0.0829. The molecule has 0 bridgehead atoms. The molecular formula is C18H25FN2O. The van der Waals surface area contributed by atoms with Crippen LogP contribution in [0.5, 0.6) is 0 Å². The van der Waals surface area contributed by atoms with Crippen molar-refractivity contribution >= 4 is 5.91 Å². The molecule has 22 heavy (non-hydrogen) atoms. The Morgan fingerprint density at radius 2 is 1.91 bits per heavy atom. The van der Waals surface area contributed by atoms with Gasteiger partial charge in [0.15, 0.2) is 0 Å². The third kappa shape index (κ3) is 3.32. The van der Waals surface area contributed by atoms with E-state index in [1.807, 2.05) is 12.1 Å². The van der Waals surface area contributed by atoms with E-state index in [4.69, 9.17) is 0 Å². The molecule has 1 aromatic rings. The van der Waals surface area contributed by atoms with Crippen LogP contribution < -0.4 is 10.6 Å². The van der Waals surface area contributed by atoms with Crippen LogP contribution in [-0.4, -0.2) is 25.0 Å². The molecule has 2 fully saturated rings. The fourth-order valence-electron chi connectivity index (χ4n) is 3.88. The number of amides is 1. The van der Waals surface area contributed by atoms with E-state index < -0.39 is 0 Å². The minimum atomic E-state index is -0.202. The minimum Gasteiger partial charge on any atom is -0.354 e. The maximum Gasteiger partial charge on any atom is 0.237 e. The van der Waals surface area contributed by atoms with Crippen LogP contribution in [0, 0.1) is 5.82 Å². The average Bonchev–Trinajstić information content (AvgIpc) is 3.04. The standard InChI is InChI=1S/C18H25FN2O/c19-15-8-6-14(7-9-15)18(10-2-3-11-18)13-21-17(22)16-5-1-4-12-20-16/h6-9,16,20H,1-5,10-13H2,(H,21,22). The highest BCUT2D eigenvalue weighted by Gasteiger charge is 2.36. The Morgan fingerprint density at radius 1 is 1.18 bits per heavy atom. The van der Waals surface area contributed by atoms with Crippen molar-refractivity contribution in [2.24, 2.45) is 0 Å². The number of hydrogen-bond acceptors (Lipinski definition) is 2. The summed E-state index contributed by atoms with van der Waals surface area (Å²) >= 11 is 0. The second kappa shape index (κ2) is 6.78. The summed E-state index contributed by atoms with van der Waals surface area (Å²) in [6.07, 6.45) is 7.69. The van der Waals surface area contributed by atoms with Crippen LogP contribution >= 0.6 is 0 Å². The monoisotopic (exact) mass is 304 g/mol. The lowest BCUT2D eigenvalue weighted by atomic mass is 9.78. The summed E-state index contributed by atoms with van der Waals surface area (Å²) in [7, 11) is 0. The van der Waals surface area contributed by atoms with Crippen molar-refractivity contribution in [1.29, 1.82) is 0 Å². The molecule has 3 nitrogen and oxygen atoms in total. The first-order valence-electron chi connectivity index (χ1n) is 8.47. The normalized spacial score (nSPS) is 24.1. The number of rotatable bonds is 4. The van der Waals surface area contributed by atoms with Gasteiger partial charge >= 0.3 is 0 Å². The second-order valence-corrected chi connectivity index (χ2v) is 6.71. The van der Waals surface area contributed by atoms with Gasteiger partial charge in [0.05, 0.1) is 6.04 Å². The Morgan fingerprint density at radius 3 is 2.55 bits per heavy atom. The lowest BCUT2D eigenvalue weighted by Gasteiger charge is -2.31. The van der Waals surface area contributed by atoms with Crippen LogP contribution in [0.15, 0.2) is 24.3 Å². The van der Waals surface area contributed by atoms with E-state index in [2.05, 4.69) is 10.6 Å². The predicted octanol–water partition coefficient (Wildman–Crippen LogP) is 2.90. The van der Waals surface area contributed by atoms with Crippen LogP contribution in [0.4, 0.5) is 4.39 Å². The summed E-state index contributed by atoms with van der Waals surface area (Å²) in [6, 6.07) is 6.78. The number of nitrogens with one attached hydrogen (secondary N) is 2. The fourth-order valence-corrected chi connectivity index (χ4v) is 3.88. The number of benzene rings is 1. The van der Waals surface area contributed by atoms with Crippen molar-refractivity contribution in [3.8, 4) is 0 Å². The lowest BCUT2D eigenvalue weighted by Crippen LogP contribution is -2.49. The number of carbonyl (C=O) groups is 1. The summed E-state index contributed by atoms with van der Waals surface area (Å²) in [4.78, 5) is 12.3. The molecule has 1 aliphatic carbocycles. The summed E-state index contributed by atoms with van der Waals surface area (Å²) < 4.78 is 13.2. The Labute approximate surface area is 131 Å². The maximum atomic E-state index is 13.2. The van der Waals surface area contributed by atoms with Crippen LogP contribution in [0.2, 0.25) is 0 Å². The molecule has 2 aliphatic rings. The zero-order valence-corrected chi connectivity index (χ0v) is 13.0. The van der Waals surface area contributed by atoms with Gasteiger partial charge in [0.2, 0.25) is 5.91 Å². The minimum absolute atomic E-state index is 0.0158. The number of carbonyl (C=O) groups excluding carboxylic acids is 1. The van der Waals surface area contributed by atoms with Crippen molar-refractivity contribution in [2.75, 3.05) is 13.1 Å². The van der Waals surface area contributed by atoms with Crippen molar-refractivity contribution in [3.63, 3.8) is 0 Å². The van der Waals surface area contributed by atoms with E-state index >= 15 is 0 Å². The van der Waals surface area contributed by atoms with Gasteiger partial charge in [-0.2, -0.15) is 0 Å². The molecule has 1 heterocycles. The maximum absolute atomic E-state index is 13.2. The zero-order valence-electron chi connectivity index (χ0n) is 13.0. The molecule has 4 heteroatoms. The molecule has 1 atom stereocenters. The molecular weight excluding hydrogens is 279 g/mol. The lowest BCUT2D eigenvalue weighted by molar-refractivity contribution is -0.123. The van der Waals surface area contributed by atoms with E-state index in [9.17, 15) is 9.18 Å². The zero-order chi connectivity index (χ0) is 15.4. The van der Waals surface area contributed by atoms with Gasteiger partial charge in [-0.1, -0.05) is 31.4 Å².